The molecule has 0 aliphatic rings. The summed E-state index contributed by atoms with van der Waals surface area (Å²) in [7, 11) is 1.74. The molecule has 0 spiro atoms. The Hall–Kier alpha value is -2.63. The highest BCUT2D eigenvalue weighted by Crippen LogP contribution is 2.37. The Morgan fingerprint density at radius 3 is 2.70 bits per heavy atom. The maximum Gasteiger partial charge on any atom is 0.208 e. The second-order valence-electron chi connectivity index (χ2n) is 5.49. The van der Waals surface area contributed by atoms with Crippen LogP contribution in [0.3, 0.4) is 0 Å². The molecule has 2 aromatic heterocycles. The van der Waals surface area contributed by atoms with Crippen LogP contribution in [0.25, 0.3) is 11.4 Å². The Morgan fingerprint density at radius 2 is 2.00 bits per heavy atom. The molecule has 0 saturated carbocycles. The number of rotatable bonds is 5. The zero-order chi connectivity index (χ0) is 16.4. The van der Waals surface area contributed by atoms with Crippen molar-refractivity contribution in [2.45, 2.75) is 33.6 Å². The van der Waals surface area contributed by atoms with Crippen molar-refractivity contribution >= 4 is 0 Å². The van der Waals surface area contributed by atoms with Crippen molar-refractivity contribution in [2.24, 2.45) is 7.05 Å². The van der Waals surface area contributed by atoms with Gasteiger partial charge in [-0.2, -0.15) is 4.80 Å². The molecule has 0 amide bonds. The molecule has 0 atom stereocenters. The molecule has 1 aromatic carbocycles. The number of aryl methyl sites for hydroxylation is 3. The quantitative estimate of drug-likeness (QED) is 0.716. The van der Waals surface area contributed by atoms with Crippen molar-refractivity contribution < 1.29 is 9.15 Å². The van der Waals surface area contributed by atoms with Gasteiger partial charge in [0, 0.05) is 12.0 Å². The first-order valence-corrected chi connectivity index (χ1v) is 7.70. The van der Waals surface area contributed by atoms with Crippen LogP contribution in [0.15, 0.2) is 28.7 Å². The van der Waals surface area contributed by atoms with Crippen molar-refractivity contribution in [3.05, 3.63) is 41.3 Å². The van der Waals surface area contributed by atoms with Gasteiger partial charge >= 0.3 is 0 Å². The number of ether oxygens (including phenoxy) is 1. The first kappa shape index (κ1) is 15.3. The molecule has 0 unspecified atom stereocenters. The first-order chi connectivity index (χ1) is 11.1. The smallest absolute Gasteiger partial charge is 0.208 e. The van der Waals surface area contributed by atoms with Crippen LogP contribution >= 0.6 is 0 Å². The summed E-state index contributed by atoms with van der Waals surface area (Å²) in [5, 5.41) is 12.2. The van der Waals surface area contributed by atoms with Gasteiger partial charge in [0.15, 0.2) is 5.75 Å². The van der Waals surface area contributed by atoms with Crippen LogP contribution in [0.2, 0.25) is 0 Å². The van der Waals surface area contributed by atoms with E-state index in [1.54, 1.807) is 7.05 Å². The minimum Gasteiger partial charge on any atom is -0.462 e. The van der Waals surface area contributed by atoms with Gasteiger partial charge in [0.05, 0.1) is 12.6 Å². The molecule has 0 aliphatic carbocycles. The number of tetrazole rings is 1. The highest BCUT2D eigenvalue weighted by Gasteiger charge is 2.18. The van der Waals surface area contributed by atoms with E-state index in [-0.39, 0.29) is 0 Å². The number of hydrogen-bond acceptors (Lipinski definition) is 5. The minimum absolute atomic E-state index is 0.538. The SMILES string of the molecule is CCCc1oc(C)c(Oc2ccccc2-c2nnn(C)n2)c1C. The number of para-hydroxylation sites is 1. The number of furan rings is 1. The summed E-state index contributed by atoms with van der Waals surface area (Å²) in [5.74, 6) is 3.76. The monoisotopic (exact) mass is 312 g/mol. The zero-order valence-corrected chi connectivity index (χ0v) is 13.8. The molecule has 2 heterocycles. The van der Waals surface area contributed by atoms with E-state index < -0.39 is 0 Å². The molecule has 0 fully saturated rings. The van der Waals surface area contributed by atoms with Crippen molar-refractivity contribution in [3.63, 3.8) is 0 Å². The Bertz CT molecular complexity index is 820. The topological polar surface area (TPSA) is 66.0 Å². The Kier molecular flexibility index (Phi) is 4.14. The van der Waals surface area contributed by atoms with Gasteiger partial charge in [-0.25, -0.2) is 0 Å². The van der Waals surface area contributed by atoms with Crippen molar-refractivity contribution in [3.8, 4) is 22.9 Å². The van der Waals surface area contributed by atoms with Crippen LogP contribution in [-0.2, 0) is 13.5 Å². The summed E-state index contributed by atoms with van der Waals surface area (Å²) in [6, 6.07) is 7.67. The standard InChI is InChI=1S/C17H20N4O2/c1-5-8-14-11(2)16(12(3)22-14)23-15-10-7-6-9-13(15)17-18-20-21(4)19-17/h6-7,9-10H,5,8H2,1-4H3. The molecule has 3 aromatic rings. The molecule has 0 aliphatic heterocycles. The lowest BCUT2D eigenvalue weighted by molar-refractivity contribution is 0.439. The van der Waals surface area contributed by atoms with Gasteiger partial charge in [0.1, 0.15) is 17.3 Å². The number of hydrogen-bond donors (Lipinski definition) is 0. The molecular weight excluding hydrogens is 292 g/mol. The average Bonchev–Trinajstić information content (AvgIpc) is 3.07. The van der Waals surface area contributed by atoms with E-state index in [4.69, 9.17) is 9.15 Å². The van der Waals surface area contributed by atoms with E-state index in [0.717, 1.165) is 41.2 Å². The molecule has 0 saturated heterocycles. The number of benzene rings is 1. The lowest BCUT2D eigenvalue weighted by atomic mass is 10.1. The Balaban J connectivity index is 1.98. The Labute approximate surface area is 135 Å². The molecule has 23 heavy (non-hydrogen) atoms. The Morgan fingerprint density at radius 1 is 1.22 bits per heavy atom. The van der Waals surface area contributed by atoms with Crippen LogP contribution in [0, 0.1) is 13.8 Å². The number of aromatic nitrogens is 4. The van der Waals surface area contributed by atoms with Gasteiger partial charge in [0.25, 0.3) is 0 Å². The fourth-order valence-corrected chi connectivity index (χ4v) is 2.55. The van der Waals surface area contributed by atoms with E-state index in [0.29, 0.717) is 11.6 Å². The summed E-state index contributed by atoms with van der Waals surface area (Å²) in [6.07, 6.45) is 1.94. The summed E-state index contributed by atoms with van der Waals surface area (Å²) in [4.78, 5) is 1.43. The molecule has 6 heteroatoms. The van der Waals surface area contributed by atoms with Crippen molar-refractivity contribution in [2.75, 3.05) is 0 Å². The normalized spacial score (nSPS) is 11.0. The molecule has 6 nitrogen and oxygen atoms in total. The first-order valence-electron chi connectivity index (χ1n) is 7.70. The second kappa shape index (κ2) is 6.24. The van der Waals surface area contributed by atoms with Crippen LogP contribution in [0.4, 0.5) is 0 Å². The van der Waals surface area contributed by atoms with Crippen LogP contribution in [-0.4, -0.2) is 20.2 Å². The van der Waals surface area contributed by atoms with Gasteiger partial charge in [-0.3, -0.25) is 0 Å². The van der Waals surface area contributed by atoms with Gasteiger partial charge < -0.3 is 9.15 Å². The van der Waals surface area contributed by atoms with E-state index in [1.165, 1.54) is 4.80 Å². The zero-order valence-electron chi connectivity index (χ0n) is 13.8. The van der Waals surface area contributed by atoms with Crippen LogP contribution in [0.1, 0.15) is 30.4 Å². The molecule has 120 valence electrons. The maximum absolute atomic E-state index is 6.15. The summed E-state index contributed by atoms with van der Waals surface area (Å²) in [6.45, 7) is 6.08. The van der Waals surface area contributed by atoms with Crippen LogP contribution < -0.4 is 4.74 Å². The predicted molar refractivity (Wildman–Crippen MR) is 86.5 cm³/mol. The molecule has 3 rings (SSSR count). The van der Waals surface area contributed by atoms with Gasteiger partial charge in [-0.1, -0.05) is 19.1 Å². The third-order valence-corrected chi connectivity index (χ3v) is 3.68. The third kappa shape index (κ3) is 2.97. The van der Waals surface area contributed by atoms with E-state index in [2.05, 4.69) is 22.3 Å². The highest BCUT2D eigenvalue weighted by atomic mass is 16.5. The van der Waals surface area contributed by atoms with E-state index >= 15 is 0 Å². The minimum atomic E-state index is 0.538. The summed E-state index contributed by atoms with van der Waals surface area (Å²) >= 11 is 0. The van der Waals surface area contributed by atoms with Crippen molar-refractivity contribution in [1.82, 2.24) is 20.2 Å². The summed E-state index contributed by atoms with van der Waals surface area (Å²) in [5.41, 5.74) is 1.85. The fraction of sp³-hybridized carbons (Fsp3) is 0.353. The van der Waals surface area contributed by atoms with Gasteiger partial charge in [-0.05, 0) is 37.6 Å². The number of nitrogens with zero attached hydrogens (tertiary/aromatic N) is 4. The lowest BCUT2D eigenvalue weighted by Crippen LogP contribution is -1.93. The largest absolute Gasteiger partial charge is 0.462 e. The predicted octanol–water partition coefficient (Wildman–Crippen LogP) is 3.83. The van der Waals surface area contributed by atoms with Gasteiger partial charge in [-0.15, -0.1) is 10.2 Å². The highest BCUT2D eigenvalue weighted by molar-refractivity contribution is 5.64. The van der Waals surface area contributed by atoms with E-state index in [9.17, 15) is 0 Å². The molecule has 0 N–H and O–H groups in total. The van der Waals surface area contributed by atoms with Crippen LogP contribution in [0.5, 0.6) is 11.5 Å². The van der Waals surface area contributed by atoms with E-state index in [1.807, 2.05) is 38.1 Å². The maximum atomic E-state index is 6.15. The molecule has 0 radical (unpaired) electrons. The van der Waals surface area contributed by atoms with Crippen molar-refractivity contribution in [1.29, 1.82) is 0 Å². The summed E-state index contributed by atoms with van der Waals surface area (Å²) < 4.78 is 12.0. The van der Waals surface area contributed by atoms with Gasteiger partial charge in [0.2, 0.25) is 5.82 Å². The lowest BCUT2D eigenvalue weighted by Gasteiger charge is -2.09. The average molecular weight is 312 g/mol. The fourth-order valence-electron chi connectivity index (χ4n) is 2.55. The third-order valence-electron chi connectivity index (χ3n) is 3.68. The molecule has 0 bridgehead atoms. The molecular formula is C17H20N4O2. The second-order valence-corrected chi connectivity index (χ2v) is 5.49.